The SMILES string of the molecule is COc1cc(C=C2NC(=O)N(c3ccc(Cl)cc3)C2=O)cc2c1OCO2. The van der Waals surface area contributed by atoms with Crippen molar-refractivity contribution < 1.29 is 23.8 Å². The second-order valence-corrected chi connectivity index (χ2v) is 6.00. The molecule has 0 bridgehead atoms. The first-order chi connectivity index (χ1) is 12.6. The van der Waals surface area contributed by atoms with Crippen LogP contribution in [0.2, 0.25) is 5.02 Å². The van der Waals surface area contributed by atoms with Gasteiger partial charge in [0.2, 0.25) is 12.5 Å². The average molecular weight is 373 g/mol. The third-order valence-corrected chi connectivity index (χ3v) is 4.21. The molecule has 0 spiro atoms. The molecule has 0 aromatic heterocycles. The Morgan fingerprint density at radius 2 is 1.96 bits per heavy atom. The van der Waals surface area contributed by atoms with Crippen molar-refractivity contribution in [2.75, 3.05) is 18.8 Å². The molecule has 0 unspecified atom stereocenters. The van der Waals surface area contributed by atoms with E-state index >= 15 is 0 Å². The van der Waals surface area contributed by atoms with Crippen molar-refractivity contribution in [1.82, 2.24) is 5.32 Å². The molecule has 1 N–H and O–H groups in total. The molecule has 0 radical (unpaired) electrons. The lowest BCUT2D eigenvalue weighted by Crippen LogP contribution is -2.30. The molecule has 4 rings (SSSR count). The summed E-state index contributed by atoms with van der Waals surface area (Å²) < 4.78 is 16.0. The summed E-state index contributed by atoms with van der Waals surface area (Å²) in [5.41, 5.74) is 1.21. The molecule has 8 heteroatoms. The van der Waals surface area contributed by atoms with E-state index in [-0.39, 0.29) is 12.5 Å². The van der Waals surface area contributed by atoms with Crippen LogP contribution >= 0.6 is 11.6 Å². The zero-order valence-corrected chi connectivity index (χ0v) is 14.4. The van der Waals surface area contributed by atoms with Crippen molar-refractivity contribution in [3.8, 4) is 17.2 Å². The average Bonchev–Trinajstić information content (AvgIpc) is 3.20. The van der Waals surface area contributed by atoms with Gasteiger partial charge in [-0.25, -0.2) is 9.69 Å². The molecule has 0 atom stereocenters. The smallest absolute Gasteiger partial charge is 0.333 e. The van der Waals surface area contributed by atoms with E-state index < -0.39 is 11.9 Å². The van der Waals surface area contributed by atoms with Crippen molar-refractivity contribution in [1.29, 1.82) is 0 Å². The number of halogens is 1. The van der Waals surface area contributed by atoms with Gasteiger partial charge in [0.05, 0.1) is 12.8 Å². The number of benzene rings is 2. The summed E-state index contributed by atoms with van der Waals surface area (Å²) in [5.74, 6) is 1.05. The van der Waals surface area contributed by atoms with Crippen molar-refractivity contribution in [2.45, 2.75) is 0 Å². The fourth-order valence-corrected chi connectivity index (χ4v) is 2.89. The van der Waals surface area contributed by atoms with Crippen LogP contribution in [-0.4, -0.2) is 25.8 Å². The van der Waals surface area contributed by atoms with Crippen LogP contribution in [0.4, 0.5) is 10.5 Å². The third-order valence-electron chi connectivity index (χ3n) is 3.95. The van der Waals surface area contributed by atoms with E-state index in [1.807, 2.05) is 0 Å². The summed E-state index contributed by atoms with van der Waals surface area (Å²) in [6.07, 6.45) is 1.56. The number of ether oxygens (including phenoxy) is 3. The minimum Gasteiger partial charge on any atom is -0.493 e. The van der Waals surface area contributed by atoms with Gasteiger partial charge in [0, 0.05) is 5.02 Å². The Morgan fingerprint density at radius 1 is 1.19 bits per heavy atom. The standard InChI is InChI=1S/C18H13ClN2O5/c1-24-14-7-10(8-15-16(14)26-9-25-15)6-13-17(22)21(18(23)20-13)12-4-2-11(19)3-5-12/h2-8H,9H2,1H3,(H,20,23). The Balaban J connectivity index is 1.68. The van der Waals surface area contributed by atoms with Crippen molar-refractivity contribution in [2.24, 2.45) is 0 Å². The summed E-state index contributed by atoms with van der Waals surface area (Å²) in [7, 11) is 1.51. The van der Waals surface area contributed by atoms with Crippen molar-refractivity contribution >= 4 is 35.3 Å². The lowest BCUT2D eigenvalue weighted by Gasteiger charge is -2.11. The highest BCUT2D eigenvalue weighted by Gasteiger charge is 2.35. The molecule has 132 valence electrons. The molecule has 1 fully saturated rings. The number of methoxy groups -OCH3 is 1. The highest BCUT2D eigenvalue weighted by Crippen LogP contribution is 2.42. The molecular weight excluding hydrogens is 360 g/mol. The van der Waals surface area contributed by atoms with Gasteiger partial charge in [-0.2, -0.15) is 0 Å². The number of urea groups is 1. The Hall–Kier alpha value is -3.19. The summed E-state index contributed by atoms with van der Waals surface area (Å²) in [4.78, 5) is 25.9. The third kappa shape index (κ3) is 2.72. The maximum Gasteiger partial charge on any atom is 0.333 e. The summed E-state index contributed by atoms with van der Waals surface area (Å²) in [6, 6.07) is 9.31. The summed E-state index contributed by atoms with van der Waals surface area (Å²) in [5, 5.41) is 3.09. The van der Waals surface area contributed by atoms with E-state index in [0.29, 0.717) is 33.5 Å². The normalized spacial score (nSPS) is 17.0. The van der Waals surface area contributed by atoms with Gasteiger partial charge in [-0.15, -0.1) is 0 Å². The number of hydrogen-bond donors (Lipinski definition) is 1. The van der Waals surface area contributed by atoms with Crippen LogP contribution in [0.25, 0.3) is 6.08 Å². The molecule has 0 aliphatic carbocycles. The largest absolute Gasteiger partial charge is 0.493 e. The van der Waals surface area contributed by atoms with Crippen molar-refractivity contribution in [3.05, 3.63) is 52.7 Å². The first kappa shape index (κ1) is 16.3. The van der Waals surface area contributed by atoms with Crippen LogP contribution in [0.5, 0.6) is 17.2 Å². The second kappa shape index (κ2) is 6.27. The molecule has 2 aromatic carbocycles. The van der Waals surface area contributed by atoms with Gasteiger partial charge in [0.1, 0.15) is 5.70 Å². The quantitative estimate of drug-likeness (QED) is 0.661. The minimum atomic E-state index is -0.531. The highest BCUT2D eigenvalue weighted by atomic mass is 35.5. The zero-order valence-electron chi connectivity index (χ0n) is 13.6. The van der Waals surface area contributed by atoms with E-state index in [1.165, 1.54) is 7.11 Å². The maximum atomic E-state index is 12.6. The number of nitrogens with one attached hydrogen (secondary N) is 1. The van der Waals surface area contributed by atoms with Gasteiger partial charge >= 0.3 is 6.03 Å². The Bertz CT molecular complexity index is 939. The van der Waals surface area contributed by atoms with Gasteiger partial charge in [-0.3, -0.25) is 4.79 Å². The molecular formula is C18H13ClN2O5. The minimum absolute atomic E-state index is 0.103. The second-order valence-electron chi connectivity index (χ2n) is 5.56. The Kier molecular flexibility index (Phi) is 3.93. The summed E-state index contributed by atoms with van der Waals surface area (Å²) in [6.45, 7) is 0.103. The van der Waals surface area contributed by atoms with Gasteiger partial charge in [-0.1, -0.05) is 11.6 Å². The number of nitrogens with zero attached hydrogens (tertiary/aromatic N) is 1. The van der Waals surface area contributed by atoms with Crippen molar-refractivity contribution in [3.63, 3.8) is 0 Å². The predicted octanol–water partition coefficient (Wildman–Crippen LogP) is 3.17. The first-order valence-corrected chi connectivity index (χ1v) is 8.05. The number of imide groups is 1. The molecule has 2 heterocycles. The number of rotatable bonds is 3. The van der Waals surface area contributed by atoms with E-state index in [1.54, 1.807) is 42.5 Å². The molecule has 26 heavy (non-hydrogen) atoms. The number of fused-ring (bicyclic) bond motifs is 1. The summed E-state index contributed by atoms with van der Waals surface area (Å²) >= 11 is 5.85. The lowest BCUT2D eigenvalue weighted by atomic mass is 10.1. The topological polar surface area (TPSA) is 77.1 Å². The lowest BCUT2D eigenvalue weighted by molar-refractivity contribution is -0.113. The molecule has 1 saturated heterocycles. The van der Waals surface area contributed by atoms with Crippen LogP contribution in [0.15, 0.2) is 42.1 Å². The van der Waals surface area contributed by atoms with Crippen LogP contribution in [0.3, 0.4) is 0 Å². The number of carbonyl (C=O) groups is 2. The molecule has 2 aliphatic heterocycles. The van der Waals surface area contributed by atoms with E-state index in [4.69, 9.17) is 25.8 Å². The molecule has 0 saturated carbocycles. The molecule has 7 nitrogen and oxygen atoms in total. The van der Waals surface area contributed by atoms with Gasteiger partial charge in [-0.05, 0) is 48.0 Å². The highest BCUT2D eigenvalue weighted by molar-refractivity contribution is 6.31. The van der Waals surface area contributed by atoms with Crippen LogP contribution in [0.1, 0.15) is 5.56 Å². The monoisotopic (exact) mass is 372 g/mol. The maximum absolute atomic E-state index is 12.6. The zero-order chi connectivity index (χ0) is 18.3. The van der Waals surface area contributed by atoms with Crippen LogP contribution in [-0.2, 0) is 4.79 Å². The molecule has 3 amide bonds. The Morgan fingerprint density at radius 3 is 2.69 bits per heavy atom. The number of anilines is 1. The Labute approximate surface area is 153 Å². The number of carbonyl (C=O) groups excluding carboxylic acids is 2. The van der Waals surface area contributed by atoms with Gasteiger partial charge in [0.15, 0.2) is 11.5 Å². The van der Waals surface area contributed by atoms with Crippen LogP contribution < -0.4 is 24.4 Å². The molecule has 2 aromatic rings. The van der Waals surface area contributed by atoms with E-state index in [0.717, 1.165) is 4.90 Å². The van der Waals surface area contributed by atoms with Crippen LogP contribution in [0, 0.1) is 0 Å². The van der Waals surface area contributed by atoms with E-state index in [2.05, 4.69) is 5.32 Å². The fourth-order valence-electron chi connectivity index (χ4n) is 2.76. The predicted molar refractivity (Wildman–Crippen MR) is 94.6 cm³/mol. The van der Waals surface area contributed by atoms with Gasteiger partial charge in [0.25, 0.3) is 5.91 Å². The van der Waals surface area contributed by atoms with Gasteiger partial charge < -0.3 is 19.5 Å². The van der Waals surface area contributed by atoms with E-state index in [9.17, 15) is 9.59 Å². The number of hydrogen-bond acceptors (Lipinski definition) is 5. The fraction of sp³-hybridized carbons (Fsp3) is 0.111. The number of amides is 3. The molecule has 2 aliphatic rings. The first-order valence-electron chi connectivity index (χ1n) is 7.67.